The minimum atomic E-state index is -0.200. The molecule has 0 aliphatic heterocycles. The Balaban J connectivity index is 2.06. The van der Waals surface area contributed by atoms with E-state index in [0.29, 0.717) is 32.6 Å². The fourth-order valence-corrected chi connectivity index (χ4v) is 3.54. The zero-order valence-corrected chi connectivity index (χ0v) is 15.3. The van der Waals surface area contributed by atoms with Crippen molar-refractivity contribution in [3.63, 3.8) is 0 Å². The van der Waals surface area contributed by atoms with Crippen LogP contribution in [-0.4, -0.2) is 43.2 Å². The van der Waals surface area contributed by atoms with E-state index in [1.54, 1.807) is 29.6 Å². The average molecular weight is 376 g/mol. The van der Waals surface area contributed by atoms with Gasteiger partial charge in [0.2, 0.25) is 11.9 Å². The Kier molecular flexibility index (Phi) is 4.59. The summed E-state index contributed by atoms with van der Waals surface area (Å²) in [6, 6.07) is 0. The number of nitrogen functional groups attached to an aromatic ring is 1. The summed E-state index contributed by atoms with van der Waals surface area (Å²) >= 11 is 6.53. The molecule has 0 unspecified atom stereocenters. The lowest BCUT2D eigenvalue weighted by Gasteiger charge is -2.12. The van der Waals surface area contributed by atoms with Gasteiger partial charge < -0.3 is 15.2 Å². The van der Waals surface area contributed by atoms with Gasteiger partial charge in [-0.3, -0.25) is 9.36 Å². The van der Waals surface area contributed by atoms with Crippen LogP contribution in [0.4, 0.5) is 11.9 Å². The van der Waals surface area contributed by atoms with Crippen LogP contribution in [0.3, 0.4) is 0 Å². The molecule has 0 bridgehead atoms. The molecular weight excluding hydrogens is 360 g/mol. The Hall–Kier alpha value is -2.66. The highest BCUT2D eigenvalue weighted by molar-refractivity contribution is 7.73. The highest BCUT2D eigenvalue weighted by Gasteiger charge is 2.13. The summed E-state index contributed by atoms with van der Waals surface area (Å²) in [5.74, 6) is 0.912. The second-order valence-corrected chi connectivity index (χ2v) is 7.05. The van der Waals surface area contributed by atoms with Crippen LogP contribution >= 0.6 is 23.6 Å². The maximum absolute atomic E-state index is 12.7. The van der Waals surface area contributed by atoms with Gasteiger partial charge in [-0.25, -0.2) is 4.98 Å². The number of anilines is 2. The number of nitrogens with two attached hydrogens (primary N) is 1. The fraction of sp³-hybridized carbons (Fsp3) is 0.286. The molecule has 25 heavy (non-hydrogen) atoms. The number of hydrogen-bond acceptors (Lipinski definition) is 9. The summed E-state index contributed by atoms with van der Waals surface area (Å²) in [5, 5.41) is 0. The van der Waals surface area contributed by atoms with Crippen molar-refractivity contribution in [3.8, 4) is 0 Å². The van der Waals surface area contributed by atoms with E-state index in [9.17, 15) is 4.79 Å². The van der Waals surface area contributed by atoms with Crippen molar-refractivity contribution in [2.45, 2.75) is 13.1 Å². The smallest absolute Gasteiger partial charge is 0.273 e. The van der Waals surface area contributed by atoms with Gasteiger partial charge in [-0.2, -0.15) is 15.0 Å². The molecule has 0 aliphatic rings. The van der Waals surface area contributed by atoms with E-state index in [0.717, 1.165) is 0 Å². The van der Waals surface area contributed by atoms with E-state index >= 15 is 0 Å². The number of rotatable bonds is 5. The molecule has 3 heterocycles. The summed E-state index contributed by atoms with van der Waals surface area (Å²) in [6.07, 6.45) is 3.17. The van der Waals surface area contributed by atoms with Crippen LogP contribution in [0.15, 0.2) is 23.8 Å². The van der Waals surface area contributed by atoms with Crippen molar-refractivity contribution in [2.75, 3.05) is 24.7 Å². The van der Waals surface area contributed by atoms with E-state index in [1.807, 2.05) is 0 Å². The van der Waals surface area contributed by atoms with Gasteiger partial charge in [0.25, 0.3) is 5.56 Å². The third-order valence-electron chi connectivity index (χ3n) is 3.35. The van der Waals surface area contributed by atoms with Gasteiger partial charge in [0, 0.05) is 20.6 Å². The zero-order chi connectivity index (χ0) is 18.1. The maximum Gasteiger partial charge on any atom is 0.273 e. The lowest BCUT2D eigenvalue weighted by molar-refractivity contribution is 0.697. The van der Waals surface area contributed by atoms with Crippen molar-refractivity contribution >= 4 is 45.8 Å². The molecule has 3 aromatic rings. The topological polar surface area (TPSA) is 108 Å². The Labute approximate surface area is 152 Å². The molecule has 0 radical (unpaired) electrons. The van der Waals surface area contributed by atoms with Gasteiger partial charge in [-0.05, 0) is 12.2 Å². The van der Waals surface area contributed by atoms with E-state index in [-0.39, 0.29) is 18.1 Å². The summed E-state index contributed by atoms with van der Waals surface area (Å²) in [4.78, 5) is 31.3. The number of fused-ring (bicyclic) bond motifs is 1. The minimum Gasteiger partial charge on any atom is -0.368 e. The molecular formula is C14H16N8OS2. The molecule has 11 heteroatoms. The molecule has 9 nitrogen and oxygen atoms in total. The lowest BCUT2D eigenvalue weighted by atomic mass is 10.5. The zero-order valence-electron chi connectivity index (χ0n) is 13.7. The molecule has 0 amide bonds. The van der Waals surface area contributed by atoms with Gasteiger partial charge in [-0.15, -0.1) is 6.58 Å². The molecule has 2 N–H and O–H groups in total. The van der Waals surface area contributed by atoms with Crippen LogP contribution in [0.5, 0.6) is 0 Å². The SMILES string of the molecule is C=CCn1c(=S)sc2c(=O)n(Cc3nc(N)nc(N(C)C)n3)cnc21. The standard InChI is InChI=1S/C14H16N8OS2/c1-4-5-22-10-9(25-14(22)24)11(23)21(7-16-10)6-8-17-12(15)19-13(18-8)20(2)3/h4,7H,1,5-6H2,2-3H3,(H2,15,17,18,19). The van der Waals surface area contributed by atoms with Gasteiger partial charge in [0.05, 0.1) is 6.54 Å². The Morgan fingerprint density at radius 3 is 2.84 bits per heavy atom. The third kappa shape index (κ3) is 3.28. The number of aromatic nitrogens is 6. The van der Waals surface area contributed by atoms with Crippen LogP contribution in [-0.2, 0) is 13.1 Å². The van der Waals surface area contributed by atoms with Gasteiger partial charge in [-0.1, -0.05) is 17.4 Å². The maximum atomic E-state index is 12.7. The second kappa shape index (κ2) is 6.69. The van der Waals surface area contributed by atoms with Crippen molar-refractivity contribution in [1.29, 1.82) is 0 Å². The Morgan fingerprint density at radius 2 is 2.16 bits per heavy atom. The number of nitrogens with zero attached hydrogens (tertiary/aromatic N) is 7. The normalized spacial score (nSPS) is 11.0. The number of hydrogen-bond donors (Lipinski definition) is 1. The number of thiazole rings is 1. The first-order chi connectivity index (χ1) is 11.9. The molecule has 0 saturated carbocycles. The van der Waals surface area contributed by atoms with Crippen molar-refractivity contribution in [3.05, 3.63) is 39.1 Å². The van der Waals surface area contributed by atoms with Gasteiger partial charge in [0.15, 0.2) is 15.4 Å². The van der Waals surface area contributed by atoms with E-state index < -0.39 is 0 Å². The molecule has 0 fully saturated rings. The lowest BCUT2D eigenvalue weighted by Crippen LogP contribution is -2.23. The summed E-state index contributed by atoms with van der Waals surface area (Å²) in [7, 11) is 3.60. The second-order valence-electron chi connectivity index (χ2n) is 5.40. The number of allylic oxidation sites excluding steroid dienone is 1. The molecule has 0 aromatic carbocycles. The molecule has 0 aliphatic carbocycles. The van der Waals surface area contributed by atoms with Crippen molar-refractivity contribution in [1.82, 2.24) is 29.1 Å². The molecule has 0 saturated heterocycles. The van der Waals surface area contributed by atoms with Gasteiger partial charge >= 0.3 is 0 Å². The molecule has 0 atom stereocenters. The summed E-state index contributed by atoms with van der Waals surface area (Å²) in [5.41, 5.74) is 6.08. The minimum absolute atomic E-state index is 0.101. The first kappa shape index (κ1) is 17.2. The predicted molar refractivity (Wildman–Crippen MR) is 101 cm³/mol. The monoisotopic (exact) mass is 376 g/mol. The third-order valence-corrected chi connectivity index (χ3v) is 4.78. The first-order valence-corrected chi connectivity index (χ1v) is 8.50. The van der Waals surface area contributed by atoms with Crippen LogP contribution in [0.1, 0.15) is 5.82 Å². The van der Waals surface area contributed by atoms with E-state index in [4.69, 9.17) is 18.0 Å². The Bertz CT molecular complexity index is 1060. The van der Waals surface area contributed by atoms with Crippen LogP contribution in [0, 0.1) is 3.95 Å². The average Bonchev–Trinajstić information content (AvgIpc) is 2.87. The Morgan fingerprint density at radius 1 is 1.40 bits per heavy atom. The molecule has 3 rings (SSSR count). The van der Waals surface area contributed by atoms with Gasteiger partial charge in [0.1, 0.15) is 11.0 Å². The van der Waals surface area contributed by atoms with E-state index in [1.165, 1.54) is 22.2 Å². The van der Waals surface area contributed by atoms with Crippen molar-refractivity contribution < 1.29 is 0 Å². The highest BCUT2D eigenvalue weighted by Crippen LogP contribution is 2.18. The predicted octanol–water partition coefficient (Wildman–Crippen LogP) is 1.06. The molecule has 130 valence electrons. The molecule has 3 aromatic heterocycles. The first-order valence-electron chi connectivity index (χ1n) is 7.28. The van der Waals surface area contributed by atoms with Crippen molar-refractivity contribution in [2.24, 2.45) is 0 Å². The van der Waals surface area contributed by atoms with E-state index in [2.05, 4.69) is 26.5 Å². The molecule has 0 spiro atoms. The quantitative estimate of drug-likeness (QED) is 0.520. The summed E-state index contributed by atoms with van der Waals surface area (Å²) < 4.78 is 4.28. The summed E-state index contributed by atoms with van der Waals surface area (Å²) in [6.45, 7) is 4.34. The fourth-order valence-electron chi connectivity index (χ4n) is 2.22. The highest BCUT2D eigenvalue weighted by atomic mass is 32.1. The van der Waals surface area contributed by atoms with Crippen LogP contribution in [0.25, 0.3) is 10.3 Å². The largest absolute Gasteiger partial charge is 0.368 e. The van der Waals surface area contributed by atoms with Crippen LogP contribution < -0.4 is 16.2 Å². The van der Waals surface area contributed by atoms with Crippen LogP contribution in [0.2, 0.25) is 0 Å².